The Morgan fingerprint density at radius 1 is 1.59 bits per heavy atom. The van der Waals surface area contributed by atoms with Crippen LogP contribution in [0.15, 0.2) is 12.1 Å². The summed E-state index contributed by atoms with van der Waals surface area (Å²) in [4.78, 5) is 10.3. The monoisotopic (exact) mass is 271 g/mol. The van der Waals surface area contributed by atoms with E-state index in [1.54, 1.807) is 0 Å². The Labute approximate surface area is 109 Å². The van der Waals surface area contributed by atoms with Gasteiger partial charge in [0.2, 0.25) is 0 Å². The van der Waals surface area contributed by atoms with Crippen LogP contribution in [0.5, 0.6) is 5.75 Å². The lowest BCUT2D eigenvalue weighted by Gasteiger charge is -2.03. The van der Waals surface area contributed by atoms with E-state index < -0.39 is 4.92 Å². The van der Waals surface area contributed by atoms with Crippen molar-refractivity contribution < 1.29 is 9.66 Å². The molecule has 0 N–H and O–H groups in total. The summed E-state index contributed by atoms with van der Waals surface area (Å²) < 4.78 is 4.88. The molecule has 1 rings (SSSR count). The van der Waals surface area contributed by atoms with Gasteiger partial charge in [0.15, 0.2) is 5.75 Å². The number of ether oxygens (including phenoxy) is 1. The Balaban J connectivity index is 3.21. The molecule has 0 saturated carbocycles. The van der Waals surface area contributed by atoms with Gasteiger partial charge >= 0.3 is 5.69 Å². The first-order chi connectivity index (χ1) is 8.10. The Bertz CT molecular complexity index is 493. The van der Waals surface area contributed by atoms with Crippen LogP contribution in [-0.2, 0) is 0 Å². The molecule has 90 valence electrons. The number of nitro benzene ring substituents is 1. The standard InChI is InChI=1S/C11H10ClNO3S/c1-16-11-7-9(12)8(4-2-3-5-17)6-10(11)13(14)15/h6-7,17H,3,5H2,1H3. The van der Waals surface area contributed by atoms with Gasteiger partial charge in [-0.15, -0.1) is 0 Å². The fourth-order valence-corrected chi connectivity index (χ4v) is 1.47. The summed E-state index contributed by atoms with van der Waals surface area (Å²) in [7, 11) is 1.35. The van der Waals surface area contributed by atoms with E-state index in [9.17, 15) is 10.1 Å². The fourth-order valence-electron chi connectivity index (χ4n) is 1.16. The van der Waals surface area contributed by atoms with Crippen LogP contribution in [0, 0.1) is 22.0 Å². The van der Waals surface area contributed by atoms with Crippen molar-refractivity contribution in [3.05, 3.63) is 32.8 Å². The van der Waals surface area contributed by atoms with E-state index in [1.165, 1.54) is 19.2 Å². The molecule has 0 aliphatic rings. The summed E-state index contributed by atoms with van der Waals surface area (Å²) in [6.45, 7) is 0. The summed E-state index contributed by atoms with van der Waals surface area (Å²) in [5, 5.41) is 11.1. The van der Waals surface area contributed by atoms with Crippen LogP contribution in [-0.4, -0.2) is 17.8 Å². The minimum absolute atomic E-state index is 0.125. The van der Waals surface area contributed by atoms with Crippen molar-refractivity contribution in [2.45, 2.75) is 6.42 Å². The highest BCUT2D eigenvalue weighted by Crippen LogP contribution is 2.32. The third-order valence-electron chi connectivity index (χ3n) is 1.93. The molecule has 0 spiro atoms. The molecule has 4 nitrogen and oxygen atoms in total. The van der Waals surface area contributed by atoms with Gasteiger partial charge < -0.3 is 4.74 Å². The van der Waals surface area contributed by atoms with E-state index in [-0.39, 0.29) is 11.4 Å². The molecule has 0 fully saturated rings. The minimum Gasteiger partial charge on any atom is -0.490 e. The van der Waals surface area contributed by atoms with Crippen LogP contribution in [0.3, 0.4) is 0 Å². The van der Waals surface area contributed by atoms with Gasteiger partial charge in [-0.25, -0.2) is 0 Å². The minimum atomic E-state index is -0.529. The van der Waals surface area contributed by atoms with Gasteiger partial charge in [-0.2, -0.15) is 12.6 Å². The number of methoxy groups -OCH3 is 1. The average molecular weight is 272 g/mol. The molecular formula is C11H10ClNO3S. The summed E-state index contributed by atoms with van der Waals surface area (Å²) in [6.07, 6.45) is 0.596. The zero-order valence-corrected chi connectivity index (χ0v) is 10.7. The predicted molar refractivity (Wildman–Crippen MR) is 70.0 cm³/mol. The molecule has 0 aliphatic carbocycles. The number of nitrogens with zero attached hydrogens (tertiary/aromatic N) is 1. The Morgan fingerprint density at radius 3 is 2.82 bits per heavy atom. The van der Waals surface area contributed by atoms with Crippen molar-refractivity contribution in [1.82, 2.24) is 0 Å². The van der Waals surface area contributed by atoms with E-state index in [0.717, 1.165) is 0 Å². The molecule has 6 heteroatoms. The first-order valence-electron chi connectivity index (χ1n) is 4.71. The number of hydrogen-bond acceptors (Lipinski definition) is 4. The highest BCUT2D eigenvalue weighted by Gasteiger charge is 2.17. The summed E-state index contributed by atoms with van der Waals surface area (Å²) in [5.41, 5.74) is 0.271. The third-order valence-corrected chi connectivity index (χ3v) is 2.46. The number of rotatable bonds is 3. The van der Waals surface area contributed by atoms with Gasteiger partial charge in [0.25, 0.3) is 0 Å². The lowest BCUT2D eigenvalue weighted by atomic mass is 10.2. The molecule has 0 atom stereocenters. The maximum absolute atomic E-state index is 10.8. The lowest BCUT2D eigenvalue weighted by Crippen LogP contribution is -1.95. The Morgan fingerprint density at radius 2 is 2.29 bits per heavy atom. The molecule has 0 unspecified atom stereocenters. The predicted octanol–water partition coefficient (Wildman–Crippen LogP) is 2.93. The second kappa shape index (κ2) is 6.38. The summed E-state index contributed by atoms with van der Waals surface area (Å²) in [5.74, 6) is 6.34. The molecule has 0 bridgehead atoms. The molecule has 0 aromatic heterocycles. The lowest BCUT2D eigenvalue weighted by molar-refractivity contribution is -0.385. The van der Waals surface area contributed by atoms with Crippen LogP contribution < -0.4 is 4.74 Å². The maximum Gasteiger partial charge on any atom is 0.312 e. The fraction of sp³-hybridized carbons (Fsp3) is 0.273. The largest absolute Gasteiger partial charge is 0.490 e. The molecule has 17 heavy (non-hydrogen) atoms. The van der Waals surface area contributed by atoms with Crippen LogP contribution in [0.25, 0.3) is 0 Å². The number of thiol groups is 1. The van der Waals surface area contributed by atoms with Crippen molar-refractivity contribution >= 4 is 29.9 Å². The van der Waals surface area contributed by atoms with Gasteiger partial charge in [-0.05, 0) is 0 Å². The van der Waals surface area contributed by atoms with Crippen LogP contribution in [0.1, 0.15) is 12.0 Å². The van der Waals surface area contributed by atoms with Gasteiger partial charge in [-0.3, -0.25) is 10.1 Å². The van der Waals surface area contributed by atoms with E-state index in [4.69, 9.17) is 16.3 Å². The molecule has 1 aromatic carbocycles. The highest BCUT2D eigenvalue weighted by molar-refractivity contribution is 7.80. The average Bonchev–Trinajstić information content (AvgIpc) is 2.30. The first kappa shape index (κ1) is 13.7. The molecule has 0 heterocycles. The Kier molecular flexibility index (Phi) is 5.13. The number of benzene rings is 1. The topological polar surface area (TPSA) is 52.4 Å². The van der Waals surface area contributed by atoms with Gasteiger partial charge in [-0.1, -0.05) is 23.4 Å². The first-order valence-corrected chi connectivity index (χ1v) is 5.73. The molecule has 1 aromatic rings. The Hall–Kier alpha value is -1.38. The van der Waals surface area contributed by atoms with E-state index in [1.807, 2.05) is 0 Å². The second-order valence-corrected chi connectivity index (χ2v) is 3.89. The van der Waals surface area contributed by atoms with Crippen molar-refractivity contribution in [2.24, 2.45) is 0 Å². The summed E-state index contributed by atoms with van der Waals surface area (Å²) in [6, 6.07) is 2.71. The van der Waals surface area contributed by atoms with Crippen LogP contribution in [0.4, 0.5) is 5.69 Å². The van der Waals surface area contributed by atoms with E-state index >= 15 is 0 Å². The van der Waals surface area contributed by atoms with E-state index in [2.05, 4.69) is 24.5 Å². The van der Waals surface area contributed by atoms with Crippen molar-refractivity contribution in [1.29, 1.82) is 0 Å². The molecule has 0 amide bonds. The van der Waals surface area contributed by atoms with Crippen molar-refractivity contribution in [2.75, 3.05) is 12.9 Å². The van der Waals surface area contributed by atoms with Gasteiger partial charge in [0.1, 0.15) is 0 Å². The molecule has 0 radical (unpaired) electrons. The van der Waals surface area contributed by atoms with Crippen molar-refractivity contribution in [3.63, 3.8) is 0 Å². The van der Waals surface area contributed by atoms with Crippen LogP contribution in [0.2, 0.25) is 5.02 Å². The van der Waals surface area contributed by atoms with Crippen molar-refractivity contribution in [3.8, 4) is 17.6 Å². The highest BCUT2D eigenvalue weighted by atomic mass is 35.5. The number of hydrogen-bond donors (Lipinski definition) is 1. The zero-order chi connectivity index (χ0) is 12.8. The normalized spacial score (nSPS) is 9.35. The third kappa shape index (κ3) is 3.55. The molecule has 0 saturated heterocycles. The van der Waals surface area contributed by atoms with Crippen LogP contribution >= 0.6 is 24.2 Å². The number of nitro groups is 1. The second-order valence-electron chi connectivity index (χ2n) is 3.04. The summed E-state index contributed by atoms with van der Waals surface area (Å²) >= 11 is 9.95. The van der Waals surface area contributed by atoms with E-state index in [0.29, 0.717) is 22.8 Å². The maximum atomic E-state index is 10.8. The molecular weight excluding hydrogens is 262 g/mol. The zero-order valence-electron chi connectivity index (χ0n) is 9.07. The smallest absolute Gasteiger partial charge is 0.312 e. The quantitative estimate of drug-likeness (QED) is 0.398. The van der Waals surface area contributed by atoms with Gasteiger partial charge in [0, 0.05) is 24.3 Å². The SMILES string of the molecule is COc1cc(Cl)c(C#CCCS)cc1[N+](=O)[O-]. The number of halogens is 1. The van der Waals surface area contributed by atoms with Gasteiger partial charge in [0.05, 0.1) is 22.6 Å². The molecule has 0 aliphatic heterocycles.